The number of aliphatic hydroxyl groups excluding tert-OH is 1. The second kappa shape index (κ2) is 6.40. The summed E-state index contributed by atoms with van der Waals surface area (Å²) in [6.45, 7) is 0. The van der Waals surface area contributed by atoms with Gasteiger partial charge >= 0.3 is 0 Å². The molecule has 0 fully saturated rings. The zero-order valence-electron chi connectivity index (χ0n) is 13.7. The normalized spacial score (nSPS) is 15.1. The molecule has 0 saturated carbocycles. The SMILES string of the molecule is O=C(Nc1cccc(Br)c1)C1=C(O)c2ccc3ccccc3c2S(=O)(=O)N1. The maximum absolute atomic E-state index is 12.8. The Hall–Kier alpha value is -2.84. The number of hydrogen-bond donors (Lipinski definition) is 3. The maximum atomic E-state index is 12.8. The highest BCUT2D eigenvalue weighted by Gasteiger charge is 2.34. The zero-order valence-corrected chi connectivity index (χ0v) is 16.1. The lowest BCUT2D eigenvalue weighted by Crippen LogP contribution is -2.35. The lowest BCUT2D eigenvalue weighted by Gasteiger charge is -2.22. The highest BCUT2D eigenvalue weighted by Crippen LogP contribution is 2.35. The van der Waals surface area contributed by atoms with Crippen molar-refractivity contribution in [3.05, 3.63) is 76.4 Å². The summed E-state index contributed by atoms with van der Waals surface area (Å²) in [6, 6.07) is 17.0. The molecule has 136 valence electrons. The quantitative estimate of drug-likeness (QED) is 0.560. The first-order valence-corrected chi connectivity index (χ1v) is 10.2. The number of benzene rings is 3. The number of fused-ring (bicyclic) bond motifs is 3. The van der Waals surface area contributed by atoms with Crippen LogP contribution in [0.25, 0.3) is 16.5 Å². The summed E-state index contributed by atoms with van der Waals surface area (Å²) in [5.74, 6) is -1.17. The summed E-state index contributed by atoms with van der Waals surface area (Å²) in [5, 5.41) is 14.4. The Kier molecular flexibility index (Phi) is 4.16. The lowest BCUT2D eigenvalue weighted by atomic mass is 10.0. The van der Waals surface area contributed by atoms with Gasteiger partial charge in [0.1, 0.15) is 4.90 Å². The third-order valence-corrected chi connectivity index (χ3v) is 6.13. The van der Waals surface area contributed by atoms with Crippen molar-refractivity contribution < 1.29 is 18.3 Å². The van der Waals surface area contributed by atoms with Crippen LogP contribution in [0.3, 0.4) is 0 Å². The number of sulfonamides is 1. The van der Waals surface area contributed by atoms with Crippen molar-refractivity contribution in [2.75, 3.05) is 5.32 Å². The van der Waals surface area contributed by atoms with Gasteiger partial charge in [0.25, 0.3) is 15.9 Å². The Labute approximate surface area is 163 Å². The van der Waals surface area contributed by atoms with Crippen LogP contribution < -0.4 is 10.0 Å². The molecule has 0 aromatic heterocycles. The van der Waals surface area contributed by atoms with E-state index in [-0.39, 0.29) is 10.5 Å². The van der Waals surface area contributed by atoms with E-state index in [1.165, 1.54) is 6.07 Å². The number of hydrogen-bond acceptors (Lipinski definition) is 4. The maximum Gasteiger partial charge on any atom is 0.276 e. The van der Waals surface area contributed by atoms with Crippen molar-refractivity contribution in [2.24, 2.45) is 0 Å². The molecule has 4 rings (SSSR count). The Bertz CT molecular complexity index is 1240. The zero-order chi connectivity index (χ0) is 19.2. The summed E-state index contributed by atoms with van der Waals surface area (Å²) >= 11 is 3.30. The lowest BCUT2D eigenvalue weighted by molar-refractivity contribution is -0.113. The van der Waals surface area contributed by atoms with E-state index in [9.17, 15) is 18.3 Å². The molecule has 27 heavy (non-hydrogen) atoms. The topological polar surface area (TPSA) is 95.5 Å². The highest BCUT2D eigenvalue weighted by atomic mass is 79.9. The molecule has 1 aliphatic rings. The number of halogens is 1. The van der Waals surface area contributed by atoms with Crippen molar-refractivity contribution in [1.29, 1.82) is 0 Å². The molecule has 1 aliphatic heterocycles. The van der Waals surface area contributed by atoms with Gasteiger partial charge in [-0.05, 0) is 29.7 Å². The predicted octanol–water partition coefficient (Wildman–Crippen LogP) is 3.76. The van der Waals surface area contributed by atoms with Gasteiger partial charge in [-0.15, -0.1) is 0 Å². The van der Waals surface area contributed by atoms with Gasteiger partial charge in [-0.1, -0.05) is 52.3 Å². The van der Waals surface area contributed by atoms with Crippen LogP contribution in [0.5, 0.6) is 0 Å². The molecule has 0 unspecified atom stereocenters. The molecule has 8 heteroatoms. The summed E-state index contributed by atoms with van der Waals surface area (Å²) in [7, 11) is -4.03. The van der Waals surface area contributed by atoms with Crippen LogP contribution in [0.15, 0.2) is 75.7 Å². The van der Waals surface area contributed by atoms with Crippen LogP contribution >= 0.6 is 15.9 Å². The minimum Gasteiger partial charge on any atom is -0.505 e. The van der Waals surface area contributed by atoms with Crippen LogP contribution in [0.1, 0.15) is 5.56 Å². The third-order valence-electron chi connectivity index (χ3n) is 4.19. The fourth-order valence-corrected chi connectivity index (χ4v) is 4.89. The number of nitrogens with one attached hydrogen (secondary N) is 2. The van der Waals surface area contributed by atoms with Crippen LogP contribution in [-0.2, 0) is 14.8 Å². The van der Waals surface area contributed by atoms with Crippen LogP contribution in [-0.4, -0.2) is 19.4 Å². The van der Waals surface area contributed by atoms with E-state index in [2.05, 4.69) is 26.0 Å². The van der Waals surface area contributed by atoms with Gasteiger partial charge in [0.15, 0.2) is 11.5 Å². The smallest absolute Gasteiger partial charge is 0.276 e. The molecule has 1 amide bonds. The second-order valence-corrected chi connectivity index (χ2v) is 8.49. The minimum absolute atomic E-state index is 0.0443. The molecular weight excluding hydrogens is 432 g/mol. The fourth-order valence-electron chi connectivity index (χ4n) is 3.00. The Morgan fingerprint density at radius 2 is 1.81 bits per heavy atom. The molecule has 0 atom stereocenters. The van der Waals surface area contributed by atoms with Crippen LogP contribution in [0, 0.1) is 0 Å². The Morgan fingerprint density at radius 1 is 1.04 bits per heavy atom. The molecule has 3 aromatic carbocycles. The Balaban J connectivity index is 1.84. The van der Waals surface area contributed by atoms with Crippen molar-refractivity contribution in [3.8, 4) is 0 Å². The summed E-state index contributed by atoms with van der Waals surface area (Å²) in [5.41, 5.74) is 0.128. The number of anilines is 1. The molecule has 0 saturated heterocycles. The van der Waals surface area contributed by atoms with Gasteiger partial charge in [-0.3, -0.25) is 9.52 Å². The van der Waals surface area contributed by atoms with Crippen LogP contribution in [0.2, 0.25) is 0 Å². The molecule has 0 spiro atoms. The van der Waals surface area contributed by atoms with E-state index in [4.69, 9.17) is 0 Å². The van der Waals surface area contributed by atoms with Crippen molar-refractivity contribution in [1.82, 2.24) is 4.72 Å². The molecule has 1 heterocycles. The fraction of sp³-hybridized carbons (Fsp3) is 0. The first kappa shape index (κ1) is 17.6. The second-order valence-electron chi connectivity index (χ2n) is 5.96. The third kappa shape index (κ3) is 3.07. The largest absolute Gasteiger partial charge is 0.505 e. The minimum atomic E-state index is -4.03. The van der Waals surface area contributed by atoms with E-state index in [0.717, 1.165) is 9.86 Å². The van der Waals surface area contributed by atoms with Gasteiger partial charge in [0.2, 0.25) is 0 Å². The van der Waals surface area contributed by atoms with Gasteiger partial charge in [-0.2, -0.15) is 0 Å². The highest BCUT2D eigenvalue weighted by molar-refractivity contribution is 9.10. The number of aliphatic hydroxyl groups is 1. The van der Waals surface area contributed by atoms with E-state index >= 15 is 0 Å². The molecule has 3 N–H and O–H groups in total. The van der Waals surface area contributed by atoms with Crippen molar-refractivity contribution >= 4 is 54.1 Å². The average molecular weight is 445 g/mol. The standard InChI is InChI=1S/C19H13BrN2O4S/c20-12-5-3-6-13(10-12)21-19(24)16-17(23)15-9-8-11-4-1-2-7-14(11)18(15)27(25,26)22-16/h1-10,22-23H,(H,21,24). The summed E-state index contributed by atoms with van der Waals surface area (Å²) in [6.07, 6.45) is 0. The van der Waals surface area contributed by atoms with Crippen molar-refractivity contribution in [3.63, 3.8) is 0 Å². The number of carbonyl (C=O) groups is 1. The van der Waals surface area contributed by atoms with E-state index in [1.807, 2.05) is 0 Å². The molecule has 0 bridgehead atoms. The number of amides is 1. The predicted molar refractivity (Wildman–Crippen MR) is 107 cm³/mol. The van der Waals surface area contributed by atoms with Crippen LogP contribution in [0.4, 0.5) is 5.69 Å². The Morgan fingerprint density at radius 3 is 2.59 bits per heavy atom. The van der Waals surface area contributed by atoms with Gasteiger partial charge < -0.3 is 10.4 Å². The van der Waals surface area contributed by atoms with E-state index in [1.54, 1.807) is 54.6 Å². The number of carbonyl (C=O) groups excluding carboxylic acids is 1. The van der Waals surface area contributed by atoms with Gasteiger partial charge in [-0.25, -0.2) is 8.42 Å². The molecule has 0 aliphatic carbocycles. The molecule has 6 nitrogen and oxygen atoms in total. The first-order chi connectivity index (χ1) is 12.9. The van der Waals surface area contributed by atoms with Gasteiger partial charge in [0, 0.05) is 21.1 Å². The summed E-state index contributed by atoms with van der Waals surface area (Å²) < 4.78 is 28.6. The summed E-state index contributed by atoms with van der Waals surface area (Å²) in [4.78, 5) is 12.5. The van der Waals surface area contributed by atoms with E-state index in [0.29, 0.717) is 11.1 Å². The monoisotopic (exact) mass is 444 g/mol. The van der Waals surface area contributed by atoms with Crippen molar-refractivity contribution in [2.45, 2.75) is 4.90 Å². The molecule has 0 radical (unpaired) electrons. The molecular formula is C19H13BrN2O4S. The number of rotatable bonds is 2. The van der Waals surface area contributed by atoms with Gasteiger partial charge in [0.05, 0.1) is 0 Å². The van der Waals surface area contributed by atoms with E-state index < -0.39 is 27.4 Å². The average Bonchev–Trinajstić information content (AvgIpc) is 2.64. The molecule has 3 aromatic rings. The first-order valence-electron chi connectivity index (χ1n) is 7.92.